The van der Waals surface area contributed by atoms with E-state index in [0.717, 1.165) is 54.3 Å². The highest BCUT2D eigenvalue weighted by molar-refractivity contribution is 5.56. The van der Waals surface area contributed by atoms with E-state index in [4.69, 9.17) is 15.7 Å². The molecule has 0 bridgehead atoms. The van der Waals surface area contributed by atoms with Gasteiger partial charge in [0.2, 0.25) is 11.9 Å². The van der Waals surface area contributed by atoms with Crippen molar-refractivity contribution in [1.82, 2.24) is 29.4 Å². The van der Waals surface area contributed by atoms with Crippen molar-refractivity contribution in [3.63, 3.8) is 0 Å². The zero-order valence-corrected chi connectivity index (χ0v) is 18.5. The van der Waals surface area contributed by atoms with E-state index in [-0.39, 0.29) is 6.04 Å². The molecular formula is C23H29N9. The molecule has 4 aromatic rings. The molecular weight excluding hydrogens is 402 g/mol. The normalized spacial score (nSPS) is 15.1. The highest BCUT2D eigenvalue weighted by atomic mass is 15.4. The molecule has 1 aromatic carbocycles. The van der Waals surface area contributed by atoms with Crippen molar-refractivity contribution >= 4 is 17.5 Å². The van der Waals surface area contributed by atoms with Gasteiger partial charge in [-0.2, -0.15) is 24.7 Å². The Bertz CT molecular complexity index is 1190. The number of benzene rings is 1. The summed E-state index contributed by atoms with van der Waals surface area (Å²) >= 11 is 0. The van der Waals surface area contributed by atoms with Gasteiger partial charge in [-0.25, -0.2) is 4.68 Å². The molecule has 3 N–H and O–H groups in total. The Morgan fingerprint density at radius 2 is 1.97 bits per heavy atom. The second-order valence-electron chi connectivity index (χ2n) is 8.64. The van der Waals surface area contributed by atoms with E-state index in [1.54, 1.807) is 6.20 Å². The molecule has 1 saturated heterocycles. The van der Waals surface area contributed by atoms with Crippen LogP contribution in [0, 0.1) is 0 Å². The number of nitrogens with one attached hydrogen (secondary N) is 1. The van der Waals surface area contributed by atoms with Crippen LogP contribution in [0.25, 0.3) is 11.3 Å². The Morgan fingerprint density at radius 1 is 1.12 bits per heavy atom. The van der Waals surface area contributed by atoms with Crippen molar-refractivity contribution in [2.45, 2.75) is 45.2 Å². The van der Waals surface area contributed by atoms with Gasteiger partial charge in [0.25, 0.3) is 0 Å². The lowest BCUT2D eigenvalue weighted by molar-refractivity contribution is 0.495. The van der Waals surface area contributed by atoms with Crippen LogP contribution in [-0.2, 0) is 6.54 Å². The first-order chi connectivity index (χ1) is 15.6. The van der Waals surface area contributed by atoms with Crippen LogP contribution >= 0.6 is 0 Å². The second kappa shape index (κ2) is 8.58. The van der Waals surface area contributed by atoms with Crippen molar-refractivity contribution in [2.75, 3.05) is 23.3 Å². The molecule has 32 heavy (non-hydrogen) atoms. The van der Waals surface area contributed by atoms with Gasteiger partial charge in [0.05, 0.1) is 11.9 Å². The van der Waals surface area contributed by atoms with Gasteiger partial charge in [-0.1, -0.05) is 26.0 Å². The Hall–Kier alpha value is -3.46. The molecule has 1 aliphatic heterocycles. The standard InChI is InChI=1S/C23H29N9/c1-16(2)20-15-27-32-21(20)28-23(30-11-7-18(24)8-12-30)29-22(32)25-14-17-5-3-6-19(13-17)31-10-4-9-26-31/h3-6,9-10,13,15-16,18H,7-8,11-12,14,24H2,1-2H3,(H,25,28,29). The number of fused-ring (bicyclic) bond motifs is 1. The van der Waals surface area contributed by atoms with Gasteiger partial charge >= 0.3 is 0 Å². The van der Waals surface area contributed by atoms with Crippen LogP contribution in [0.5, 0.6) is 0 Å². The fourth-order valence-corrected chi connectivity index (χ4v) is 4.06. The SMILES string of the molecule is CC(C)c1cnn2c(NCc3cccc(-n4cccn4)c3)nc(N3CCC(N)CC3)nc12. The Labute approximate surface area is 187 Å². The fourth-order valence-electron chi connectivity index (χ4n) is 4.06. The molecule has 0 saturated carbocycles. The number of nitrogens with two attached hydrogens (primary N) is 1. The summed E-state index contributed by atoms with van der Waals surface area (Å²) in [5.74, 6) is 1.75. The van der Waals surface area contributed by atoms with Crippen LogP contribution in [0.1, 0.15) is 43.7 Å². The number of piperidine rings is 1. The summed E-state index contributed by atoms with van der Waals surface area (Å²) in [5, 5.41) is 12.4. The molecule has 0 unspecified atom stereocenters. The van der Waals surface area contributed by atoms with E-state index in [9.17, 15) is 0 Å². The highest BCUT2D eigenvalue weighted by Crippen LogP contribution is 2.25. The van der Waals surface area contributed by atoms with E-state index in [1.807, 2.05) is 39.8 Å². The zero-order valence-electron chi connectivity index (χ0n) is 18.5. The van der Waals surface area contributed by atoms with E-state index in [2.05, 4.69) is 46.4 Å². The fraction of sp³-hybridized carbons (Fsp3) is 0.391. The maximum Gasteiger partial charge on any atom is 0.230 e. The monoisotopic (exact) mass is 431 g/mol. The van der Waals surface area contributed by atoms with Crippen LogP contribution in [0.4, 0.5) is 11.9 Å². The molecule has 9 nitrogen and oxygen atoms in total. The molecule has 0 amide bonds. The number of aromatic nitrogens is 6. The summed E-state index contributed by atoms with van der Waals surface area (Å²) in [6.45, 7) is 6.67. The minimum atomic E-state index is 0.260. The molecule has 4 heterocycles. The maximum absolute atomic E-state index is 6.10. The Morgan fingerprint density at radius 3 is 2.72 bits per heavy atom. The van der Waals surface area contributed by atoms with Crippen molar-refractivity contribution in [1.29, 1.82) is 0 Å². The van der Waals surface area contributed by atoms with Gasteiger partial charge in [-0.05, 0) is 42.5 Å². The second-order valence-corrected chi connectivity index (χ2v) is 8.64. The third-order valence-electron chi connectivity index (χ3n) is 5.96. The molecule has 9 heteroatoms. The smallest absolute Gasteiger partial charge is 0.230 e. The van der Waals surface area contributed by atoms with Crippen LogP contribution in [0.2, 0.25) is 0 Å². The largest absolute Gasteiger partial charge is 0.350 e. The Balaban J connectivity index is 1.45. The van der Waals surface area contributed by atoms with Gasteiger partial charge in [-0.15, -0.1) is 0 Å². The number of nitrogens with zero attached hydrogens (tertiary/aromatic N) is 7. The zero-order chi connectivity index (χ0) is 22.1. The lowest BCUT2D eigenvalue weighted by atomic mass is 10.1. The molecule has 5 rings (SSSR count). The maximum atomic E-state index is 6.10. The lowest BCUT2D eigenvalue weighted by Crippen LogP contribution is -2.40. The molecule has 166 valence electrons. The topological polar surface area (TPSA) is 102 Å². The summed E-state index contributed by atoms with van der Waals surface area (Å²) in [6.07, 6.45) is 7.52. The molecule has 1 aliphatic rings. The predicted octanol–water partition coefficient (Wildman–Crippen LogP) is 2.97. The molecule has 0 spiro atoms. The Kier molecular flexibility index (Phi) is 5.48. The highest BCUT2D eigenvalue weighted by Gasteiger charge is 2.22. The lowest BCUT2D eigenvalue weighted by Gasteiger charge is -2.30. The van der Waals surface area contributed by atoms with Crippen molar-refractivity contribution < 1.29 is 0 Å². The first-order valence-electron chi connectivity index (χ1n) is 11.2. The summed E-state index contributed by atoms with van der Waals surface area (Å²) in [4.78, 5) is 12.0. The molecule has 0 radical (unpaired) electrons. The van der Waals surface area contributed by atoms with Gasteiger partial charge in [0, 0.05) is 43.6 Å². The van der Waals surface area contributed by atoms with Crippen LogP contribution < -0.4 is 16.0 Å². The quantitative estimate of drug-likeness (QED) is 0.484. The number of rotatable bonds is 6. The predicted molar refractivity (Wildman–Crippen MR) is 125 cm³/mol. The van der Waals surface area contributed by atoms with Gasteiger partial charge < -0.3 is 16.0 Å². The molecule has 3 aromatic heterocycles. The summed E-state index contributed by atoms with van der Waals surface area (Å²) in [5.41, 5.74) is 10.2. The molecule has 0 atom stereocenters. The summed E-state index contributed by atoms with van der Waals surface area (Å²) in [6, 6.07) is 10.5. The van der Waals surface area contributed by atoms with Crippen molar-refractivity contribution in [3.05, 3.63) is 60.0 Å². The van der Waals surface area contributed by atoms with Gasteiger partial charge in [0.1, 0.15) is 0 Å². The van der Waals surface area contributed by atoms with Gasteiger partial charge in [0.15, 0.2) is 5.65 Å². The minimum Gasteiger partial charge on any atom is -0.350 e. The van der Waals surface area contributed by atoms with Crippen LogP contribution in [0.3, 0.4) is 0 Å². The average molecular weight is 432 g/mol. The van der Waals surface area contributed by atoms with E-state index in [1.165, 1.54) is 0 Å². The van der Waals surface area contributed by atoms with Crippen molar-refractivity contribution in [2.24, 2.45) is 5.73 Å². The number of hydrogen-bond acceptors (Lipinski definition) is 7. The third-order valence-corrected chi connectivity index (χ3v) is 5.96. The van der Waals surface area contributed by atoms with E-state index in [0.29, 0.717) is 18.4 Å². The summed E-state index contributed by atoms with van der Waals surface area (Å²) < 4.78 is 3.67. The van der Waals surface area contributed by atoms with Gasteiger partial charge in [-0.3, -0.25) is 0 Å². The first kappa shape index (κ1) is 20.4. The number of anilines is 2. The van der Waals surface area contributed by atoms with Crippen molar-refractivity contribution in [3.8, 4) is 5.69 Å². The minimum absolute atomic E-state index is 0.260. The molecule has 0 aliphatic carbocycles. The summed E-state index contributed by atoms with van der Waals surface area (Å²) in [7, 11) is 0. The first-order valence-corrected chi connectivity index (χ1v) is 11.2. The molecule has 1 fully saturated rings. The van der Waals surface area contributed by atoms with Crippen LogP contribution in [0.15, 0.2) is 48.9 Å². The van der Waals surface area contributed by atoms with Crippen LogP contribution in [-0.4, -0.2) is 48.5 Å². The van der Waals surface area contributed by atoms with E-state index >= 15 is 0 Å². The van der Waals surface area contributed by atoms with E-state index < -0.39 is 0 Å². The third kappa shape index (κ3) is 4.03. The number of hydrogen-bond donors (Lipinski definition) is 2. The average Bonchev–Trinajstić information content (AvgIpc) is 3.48.